The summed E-state index contributed by atoms with van der Waals surface area (Å²) in [5.74, 6) is -0.176. The Labute approximate surface area is 145 Å². The van der Waals surface area contributed by atoms with Crippen LogP contribution in [0.1, 0.15) is 30.5 Å². The molecule has 0 N–H and O–H groups in total. The van der Waals surface area contributed by atoms with Gasteiger partial charge in [0.15, 0.2) is 0 Å². The van der Waals surface area contributed by atoms with Crippen LogP contribution in [0.5, 0.6) is 0 Å². The molecule has 0 amide bonds. The summed E-state index contributed by atoms with van der Waals surface area (Å²) >= 11 is 0. The summed E-state index contributed by atoms with van der Waals surface area (Å²) in [5.41, 5.74) is 7.05. The Bertz CT molecular complexity index is 725. The molecule has 0 aliphatic heterocycles. The molecule has 0 fully saturated rings. The molecule has 0 aliphatic rings. The predicted octanol–water partition coefficient (Wildman–Crippen LogP) is 7.11. The molecule has 3 aromatic carbocycles. The molecule has 3 aromatic rings. The van der Waals surface area contributed by atoms with Gasteiger partial charge in [-0.15, -0.1) is 0 Å². The standard InChI is InChI=1S/C21H19F.C2H6/c1-14-4-8-17(9-5-14)19-13-21(22)20(12-16(19)3)18-10-6-15(2)7-11-18;1-2/h4-13H,1-3H3;1-2H3. The summed E-state index contributed by atoms with van der Waals surface area (Å²) in [7, 11) is 0. The number of rotatable bonds is 2. The van der Waals surface area contributed by atoms with Gasteiger partial charge in [0, 0.05) is 5.56 Å². The van der Waals surface area contributed by atoms with Crippen LogP contribution in [0, 0.1) is 26.6 Å². The Kier molecular flexibility index (Phi) is 5.92. The largest absolute Gasteiger partial charge is 0.206 e. The molecule has 0 saturated carbocycles. The number of benzene rings is 3. The summed E-state index contributed by atoms with van der Waals surface area (Å²) in [6.45, 7) is 10.1. The normalized spacial score (nSPS) is 10.1. The van der Waals surface area contributed by atoms with Crippen molar-refractivity contribution < 1.29 is 4.39 Å². The lowest BCUT2D eigenvalue weighted by Crippen LogP contribution is -1.91. The van der Waals surface area contributed by atoms with Gasteiger partial charge >= 0.3 is 0 Å². The van der Waals surface area contributed by atoms with Gasteiger partial charge in [0.05, 0.1) is 0 Å². The monoisotopic (exact) mass is 320 g/mol. The molecular weight excluding hydrogens is 295 g/mol. The molecule has 0 radical (unpaired) electrons. The van der Waals surface area contributed by atoms with Gasteiger partial charge in [-0.05, 0) is 55.2 Å². The second-order valence-electron chi connectivity index (χ2n) is 5.88. The summed E-state index contributed by atoms with van der Waals surface area (Å²) in [5, 5.41) is 0. The maximum atomic E-state index is 14.6. The third-order valence-corrected chi connectivity index (χ3v) is 4.04. The van der Waals surface area contributed by atoms with E-state index in [1.54, 1.807) is 6.07 Å². The van der Waals surface area contributed by atoms with E-state index < -0.39 is 0 Å². The van der Waals surface area contributed by atoms with Crippen LogP contribution in [0.15, 0.2) is 60.7 Å². The van der Waals surface area contributed by atoms with Gasteiger partial charge in [-0.2, -0.15) is 0 Å². The highest BCUT2D eigenvalue weighted by Crippen LogP contribution is 2.31. The van der Waals surface area contributed by atoms with Crippen LogP contribution in [0.3, 0.4) is 0 Å². The maximum absolute atomic E-state index is 14.6. The van der Waals surface area contributed by atoms with Crippen LogP contribution in [0.25, 0.3) is 22.3 Å². The van der Waals surface area contributed by atoms with Crippen molar-refractivity contribution in [2.75, 3.05) is 0 Å². The van der Waals surface area contributed by atoms with Crippen molar-refractivity contribution in [1.82, 2.24) is 0 Å². The first kappa shape index (κ1) is 17.9. The minimum atomic E-state index is -0.176. The van der Waals surface area contributed by atoms with E-state index in [1.807, 2.05) is 70.2 Å². The zero-order valence-electron chi connectivity index (χ0n) is 15.2. The third kappa shape index (κ3) is 3.91. The Morgan fingerprint density at radius 3 is 1.46 bits per heavy atom. The first-order valence-electron chi connectivity index (χ1n) is 8.49. The molecule has 124 valence electrons. The smallest absolute Gasteiger partial charge is 0.131 e. The van der Waals surface area contributed by atoms with Crippen LogP contribution in [-0.2, 0) is 0 Å². The van der Waals surface area contributed by atoms with Gasteiger partial charge in [-0.1, -0.05) is 73.5 Å². The molecular formula is C23H25F. The zero-order chi connectivity index (χ0) is 17.7. The molecule has 0 aromatic heterocycles. The summed E-state index contributed by atoms with van der Waals surface area (Å²) < 4.78 is 14.6. The topological polar surface area (TPSA) is 0 Å². The minimum absolute atomic E-state index is 0.176. The van der Waals surface area contributed by atoms with Crippen molar-refractivity contribution in [3.8, 4) is 22.3 Å². The molecule has 0 nitrogen and oxygen atoms in total. The highest BCUT2D eigenvalue weighted by molar-refractivity contribution is 5.74. The average molecular weight is 320 g/mol. The molecule has 0 aliphatic carbocycles. The second-order valence-corrected chi connectivity index (χ2v) is 5.88. The van der Waals surface area contributed by atoms with E-state index in [9.17, 15) is 4.39 Å². The average Bonchev–Trinajstić information content (AvgIpc) is 2.60. The van der Waals surface area contributed by atoms with Crippen LogP contribution >= 0.6 is 0 Å². The van der Waals surface area contributed by atoms with E-state index in [4.69, 9.17) is 0 Å². The van der Waals surface area contributed by atoms with Crippen LogP contribution in [-0.4, -0.2) is 0 Å². The molecule has 24 heavy (non-hydrogen) atoms. The number of halogens is 1. The lowest BCUT2D eigenvalue weighted by Gasteiger charge is -2.11. The van der Waals surface area contributed by atoms with Crippen molar-refractivity contribution in [3.63, 3.8) is 0 Å². The van der Waals surface area contributed by atoms with Crippen molar-refractivity contribution in [2.24, 2.45) is 0 Å². The Morgan fingerprint density at radius 1 is 0.583 bits per heavy atom. The first-order chi connectivity index (χ1) is 11.5. The Balaban J connectivity index is 0.00000100. The number of hydrogen-bond acceptors (Lipinski definition) is 0. The van der Waals surface area contributed by atoms with Gasteiger partial charge in [0.1, 0.15) is 5.82 Å². The van der Waals surface area contributed by atoms with Crippen LogP contribution in [0.4, 0.5) is 4.39 Å². The summed E-state index contributed by atoms with van der Waals surface area (Å²) in [6, 6.07) is 19.8. The van der Waals surface area contributed by atoms with E-state index in [0.29, 0.717) is 5.56 Å². The van der Waals surface area contributed by atoms with Gasteiger partial charge in [0.2, 0.25) is 0 Å². The van der Waals surface area contributed by atoms with Crippen molar-refractivity contribution in [1.29, 1.82) is 0 Å². The molecule has 0 unspecified atom stereocenters. The molecule has 0 bridgehead atoms. The molecule has 3 rings (SSSR count). The van der Waals surface area contributed by atoms with Crippen LogP contribution in [0.2, 0.25) is 0 Å². The van der Waals surface area contributed by atoms with Gasteiger partial charge in [0.25, 0.3) is 0 Å². The first-order valence-corrected chi connectivity index (χ1v) is 8.49. The van der Waals surface area contributed by atoms with E-state index in [-0.39, 0.29) is 5.82 Å². The van der Waals surface area contributed by atoms with Crippen LogP contribution < -0.4 is 0 Å². The molecule has 0 atom stereocenters. The quantitative estimate of drug-likeness (QED) is 0.472. The molecule has 0 heterocycles. The second kappa shape index (κ2) is 7.92. The highest BCUT2D eigenvalue weighted by Gasteiger charge is 2.10. The maximum Gasteiger partial charge on any atom is 0.131 e. The SMILES string of the molecule is CC.Cc1ccc(-c2cc(F)c(-c3ccc(C)cc3)cc2C)cc1. The predicted molar refractivity (Wildman–Crippen MR) is 103 cm³/mol. The lowest BCUT2D eigenvalue weighted by atomic mass is 9.94. The van der Waals surface area contributed by atoms with E-state index in [0.717, 1.165) is 22.3 Å². The summed E-state index contributed by atoms with van der Waals surface area (Å²) in [4.78, 5) is 0. The molecule has 0 spiro atoms. The van der Waals surface area contributed by atoms with Crippen molar-refractivity contribution >= 4 is 0 Å². The minimum Gasteiger partial charge on any atom is -0.206 e. The van der Waals surface area contributed by atoms with Crippen molar-refractivity contribution in [3.05, 3.63) is 83.2 Å². The van der Waals surface area contributed by atoms with Gasteiger partial charge < -0.3 is 0 Å². The molecule has 0 saturated heterocycles. The highest BCUT2D eigenvalue weighted by atomic mass is 19.1. The van der Waals surface area contributed by atoms with E-state index in [2.05, 4.69) is 19.1 Å². The Hall–Kier alpha value is -2.41. The van der Waals surface area contributed by atoms with E-state index in [1.165, 1.54) is 11.1 Å². The fourth-order valence-corrected chi connectivity index (χ4v) is 2.68. The number of aryl methyl sites for hydroxylation is 3. The third-order valence-electron chi connectivity index (χ3n) is 4.04. The zero-order valence-corrected chi connectivity index (χ0v) is 15.2. The van der Waals surface area contributed by atoms with Crippen molar-refractivity contribution in [2.45, 2.75) is 34.6 Å². The lowest BCUT2D eigenvalue weighted by molar-refractivity contribution is 0.631. The van der Waals surface area contributed by atoms with E-state index >= 15 is 0 Å². The Morgan fingerprint density at radius 2 is 1.00 bits per heavy atom. The number of hydrogen-bond donors (Lipinski definition) is 0. The fraction of sp³-hybridized carbons (Fsp3) is 0.217. The van der Waals surface area contributed by atoms with Gasteiger partial charge in [-0.3, -0.25) is 0 Å². The fourth-order valence-electron chi connectivity index (χ4n) is 2.68. The van der Waals surface area contributed by atoms with Gasteiger partial charge in [-0.25, -0.2) is 4.39 Å². The molecule has 1 heteroatoms. The summed E-state index contributed by atoms with van der Waals surface area (Å²) in [6.07, 6.45) is 0.